The monoisotopic (exact) mass is 298 g/mol. The van der Waals surface area contributed by atoms with E-state index >= 15 is 0 Å². The summed E-state index contributed by atoms with van der Waals surface area (Å²) >= 11 is 0. The Balaban J connectivity index is 2.15. The third-order valence-electron chi connectivity index (χ3n) is 4.06. The molecule has 0 aliphatic carbocycles. The first-order valence-electron chi connectivity index (χ1n) is 7.71. The zero-order valence-electron chi connectivity index (χ0n) is 13.6. The van der Waals surface area contributed by atoms with Crippen LogP contribution >= 0.6 is 0 Å². The molecular weight excluding hydrogens is 272 g/mol. The molecule has 2 rings (SSSR count). The highest BCUT2D eigenvalue weighted by atomic mass is 16.3. The first-order chi connectivity index (χ1) is 10.6. The number of hydrogen-bond acceptors (Lipinski definition) is 2. The highest BCUT2D eigenvalue weighted by Crippen LogP contribution is 2.18. The van der Waals surface area contributed by atoms with Gasteiger partial charge in [0.25, 0.3) is 0 Å². The van der Waals surface area contributed by atoms with Crippen molar-refractivity contribution in [1.29, 1.82) is 0 Å². The molecule has 1 heterocycles. The summed E-state index contributed by atoms with van der Waals surface area (Å²) in [4.78, 5) is 2.25. The molecule has 3 nitrogen and oxygen atoms in total. The van der Waals surface area contributed by atoms with Crippen LogP contribution in [-0.4, -0.2) is 33.3 Å². The lowest BCUT2D eigenvalue weighted by Gasteiger charge is -2.36. The van der Waals surface area contributed by atoms with Crippen LogP contribution in [-0.2, 0) is 13.1 Å². The number of hydrogen-bond donors (Lipinski definition) is 1. The number of rotatable bonds is 8. The fourth-order valence-electron chi connectivity index (χ4n) is 2.50. The molecule has 1 N–H and O–H groups in total. The first-order valence-corrected chi connectivity index (χ1v) is 7.71. The van der Waals surface area contributed by atoms with E-state index in [1.807, 2.05) is 12.1 Å². The molecule has 118 valence electrons. The minimum absolute atomic E-state index is 0.125. The molecule has 0 unspecified atom stereocenters. The fraction of sp³-hybridized carbons (Fsp3) is 0.368. The molecular formula is C19H26N2O. The van der Waals surface area contributed by atoms with Crippen LogP contribution < -0.4 is 0 Å². The number of benzene rings is 1. The Morgan fingerprint density at radius 3 is 2.55 bits per heavy atom. The van der Waals surface area contributed by atoms with E-state index in [1.54, 1.807) is 0 Å². The zero-order chi connectivity index (χ0) is 16.0. The molecule has 0 fully saturated rings. The van der Waals surface area contributed by atoms with E-state index in [4.69, 9.17) is 0 Å². The van der Waals surface area contributed by atoms with Crippen LogP contribution in [0.1, 0.15) is 25.1 Å². The minimum atomic E-state index is -0.268. The van der Waals surface area contributed by atoms with E-state index in [0.717, 1.165) is 19.6 Å². The van der Waals surface area contributed by atoms with Crippen molar-refractivity contribution in [3.8, 4) is 0 Å². The lowest BCUT2D eigenvalue weighted by atomic mass is 10.0. The van der Waals surface area contributed by atoms with E-state index in [-0.39, 0.29) is 12.1 Å². The fourth-order valence-corrected chi connectivity index (χ4v) is 2.50. The second-order valence-corrected chi connectivity index (χ2v) is 6.25. The SMILES string of the molecule is C=CCN(Cc1cccn1Cc1ccccc1)C(C)(C)CO. The average molecular weight is 298 g/mol. The Morgan fingerprint density at radius 1 is 1.18 bits per heavy atom. The summed E-state index contributed by atoms with van der Waals surface area (Å²) in [6, 6.07) is 14.7. The molecule has 2 aromatic rings. The molecule has 0 aliphatic rings. The largest absolute Gasteiger partial charge is 0.394 e. The van der Waals surface area contributed by atoms with Crippen LogP contribution in [0.4, 0.5) is 0 Å². The second kappa shape index (κ2) is 7.43. The molecule has 0 aliphatic heterocycles. The minimum Gasteiger partial charge on any atom is -0.394 e. The van der Waals surface area contributed by atoms with Gasteiger partial charge >= 0.3 is 0 Å². The van der Waals surface area contributed by atoms with Gasteiger partial charge in [0.1, 0.15) is 0 Å². The molecule has 1 aromatic carbocycles. The van der Waals surface area contributed by atoms with Crippen LogP contribution in [0.2, 0.25) is 0 Å². The van der Waals surface area contributed by atoms with E-state index in [9.17, 15) is 5.11 Å². The number of aromatic nitrogens is 1. The summed E-state index contributed by atoms with van der Waals surface area (Å²) in [7, 11) is 0. The van der Waals surface area contributed by atoms with Crippen molar-refractivity contribution in [2.24, 2.45) is 0 Å². The standard InChI is InChI=1S/C19H26N2O/c1-4-12-21(19(2,3)16-22)15-18-11-8-13-20(18)14-17-9-6-5-7-10-17/h4-11,13,22H,1,12,14-16H2,2-3H3. The van der Waals surface area contributed by atoms with E-state index in [2.05, 4.69) is 72.5 Å². The van der Waals surface area contributed by atoms with Gasteiger partial charge in [-0.2, -0.15) is 0 Å². The van der Waals surface area contributed by atoms with Gasteiger partial charge in [-0.3, -0.25) is 4.90 Å². The van der Waals surface area contributed by atoms with Gasteiger partial charge < -0.3 is 9.67 Å². The van der Waals surface area contributed by atoms with Gasteiger partial charge in [0.15, 0.2) is 0 Å². The third-order valence-corrected chi connectivity index (χ3v) is 4.06. The molecule has 1 aromatic heterocycles. The molecule has 3 heteroatoms. The van der Waals surface area contributed by atoms with Crippen molar-refractivity contribution < 1.29 is 5.11 Å². The highest BCUT2D eigenvalue weighted by molar-refractivity contribution is 5.18. The molecule has 0 atom stereocenters. The van der Waals surface area contributed by atoms with Crippen LogP contribution in [0.3, 0.4) is 0 Å². The molecule has 22 heavy (non-hydrogen) atoms. The maximum atomic E-state index is 9.64. The van der Waals surface area contributed by atoms with Gasteiger partial charge in [0, 0.05) is 37.1 Å². The van der Waals surface area contributed by atoms with Crippen molar-refractivity contribution >= 4 is 0 Å². The van der Waals surface area contributed by atoms with Gasteiger partial charge in [-0.05, 0) is 31.5 Å². The summed E-state index contributed by atoms with van der Waals surface area (Å²) in [6.45, 7) is 10.5. The average Bonchev–Trinajstić information content (AvgIpc) is 2.95. The highest BCUT2D eigenvalue weighted by Gasteiger charge is 2.25. The Kier molecular flexibility index (Phi) is 5.58. The maximum absolute atomic E-state index is 9.64. The van der Waals surface area contributed by atoms with Gasteiger partial charge in [0.2, 0.25) is 0 Å². The smallest absolute Gasteiger partial charge is 0.0610 e. The number of aliphatic hydroxyl groups excluding tert-OH is 1. The summed E-state index contributed by atoms with van der Waals surface area (Å²) in [5, 5.41) is 9.64. The lowest BCUT2D eigenvalue weighted by molar-refractivity contribution is 0.0589. The van der Waals surface area contributed by atoms with Crippen molar-refractivity contribution in [2.45, 2.75) is 32.5 Å². The van der Waals surface area contributed by atoms with Gasteiger partial charge in [-0.25, -0.2) is 0 Å². The zero-order valence-corrected chi connectivity index (χ0v) is 13.6. The molecule has 0 radical (unpaired) electrons. The first kappa shape index (κ1) is 16.5. The van der Waals surface area contributed by atoms with Crippen molar-refractivity contribution in [2.75, 3.05) is 13.2 Å². The predicted octanol–water partition coefficient (Wildman–Crippen LogP) is 3.30. The van der Waals surface area contributed by atoms with E-state index in [0.29, 0.717) is 0 Å². The van der Waals surface area contributed by atoms with Gasteiger partial charge in [-0.15, -0.1) is 6.58 Å². The van der Waals surface area contributed by atoms with E-state index < -0.39 is 0 Å². The van der Waals surface area contributed by atoms with Crippen molar-refractivity contribution in [3.63, 3.8) is 0 Å². The van der Waals surface area contributed by atoms with E-state index in [1.165, 1.54) is 11.3 Å². The Bertz CT molecular complexity index is 586. The van der Waals surface area contributed by atoms with Gasteiger partial charge in [0.05, 0.1) is 6.61 Å². The quantitative estimate of drug-likeness (QED) is 0.758. The lowest BCUT2D eigenvalue weighted by Crippen LogP contribution is -2.46. The third kappa shape index (κ3) is 4.09. The topological polar surface area (TPSA) is 28.4 Å². The van der Waals surface area contributed by atoms with Crippen LogP contribution in [0, 0.1) is 0 Å². The molecule has 0 saturated carbocycles. The summed E-state index contributed by atoms with van der Waals surface area (Å²) in [6.07, 6.45) is 4.00. The molecule has 0 amide bonds. The Morgan fingerprint density at radius 2 is 1.91 bits per heavy atom. The summed E-state index contributed by atoms with van der Waals surface area (Å²) in [5.41, 5.74) is 2.26. The predicted molar refractivity (Wildman–Crippen MR) is 91.7 cm³/mol. The summed E-state index contributed by atoms with van der Waals surface area (Å²) < 4.78 is 2.26. The second-order valence-electron chi connectivity index (χ2n) is 6.25. The van der Waals surface area contributed by atoms with Crippen LogP contribution in [0.15, 0.2) is 61.3 Å². The molecule has 0 saturated heterocycles. The molecule has 0 spiro atoms. The van der Waals surface area contributed by atoms with Gasteiger partial charge in [-0.1, -0.05) is 36.4 Å². The number of nitrogens with zero attached hydrogens (tertiary/aromatic N) is 2. The Labute approximate surface area is 133 Å². The Hall–Kier alpha value is -1.84. The number of aliphatic hydroxyl groups is 1. The van der Waals surface area contributed by atoms with Crippen molar-refractivity contribution in [3.05, 3.63) is 72.6 Å². The van der Waals surface area contributed by atoms with Crippen molar-refractivity contribution in [1.82, 2.24) is 9.47 Å². The van der Waals surface area contributed by atoms with Crippen LogP contribution in [0.5, 0.6) is 0 Å². The normalized spacial score (nSPS) is 11.8. The van der Waals surface area contributed by atoms with Crippen LogP contribution in [0.25, 0.3) is 0 Å². The maximum Gasteiger partial charge on any atom is 0.0610 e. The summed E-state index contributed by atoms with van der Waals surface area (Å²) in [5.74, 6) is 0. The molecule has 0 bridgehead atoms.